The van der Waals surface area contributed by atoms with Crippen LogP contribution in [0.4, 0.5) is 0 Å². The Kier molecular flexibility index (Phi) is 7.99. The van der Waals surface area contributed by atoms with Gasteiger partial charge >= 0.3 is 0 Å². The Morgan fingerprint density at radius 2 is 1.88 bits per heavy atom. The van der Waals surface area contributed by atoms with Gasteiger partial charge in [0.15, 0.2) is 5.96 Å². The first-order valence-electron chi connectivity index (χ1n) is 9.60. The van der Waals surface area contributed by atoms with Gasteiger partial charge in [0.05, 0.1) is 6.54 Å². The van der Waals surface area contributed by atoms with E-state index >= 15 is 0 Å². The number of aliphatic imine (C=N–C) groups is 1. The van der Waals surface area contributed by atoms with E-state index in [0.29, 0.717) is 6.04 Å². The quantitative estimate of drug-likeness (QED) is 0.453. The van der Waals surface area contributed by atoms with E-state index in [1.54, 1.807) is 0 Å². The van der Waals surface area contributed by atoms with Gasteiger partial charge in [-0.3, -0.25) is 4.90 Å². The SMILES string of the molecule is C=C(C)CN1CCC(NC(=NCc2ccccc2CC)NCC)CC1. The molecule has 4 heteroatoms. The van der Waals surface area contributed by atoms with Crippen molar-refractivity contribution in [2.24, 2.45) is 4.99 Å². The second kappa shape index (κ2) is 10.2. The maximum absolute atomic E-state index is 4.82. The van der Waals surface area contributed by atoms with Crippen molar-refractivity contribution in [1.82, 2.24) is 15.5 Å². The highest BCUT2D eigenvalue weighted by Gasteiger charge is 2.19. The molecule has 0 radical (unpaired) electrons. The van der Waals surface area contributed by atoms with Crippen molar-refractivity contribution in [3.8, 4) is 0 Å². The molecule has 1 aliphatic heterocycles. The third-order valence-electron chi connectivity index (χ3n) is 4.67. The molecule has 0 saturated carbocycles. The van der Waals surface area contributed by atoms with Crippen LogP contribution in [-0.4, -0.2) is 43.1 Å². The third kappa shape index (κ3) is 6.54. The van der Waals surface area contributed by atoms with Gasteiger partial charge in [0.2, 0.25) is 0 Å². The van der Waals surface area contributed by atoms with Crippen LogP contribution >= 0.6 is 0 Å². The molecule has 0 amide bonds. The largest absolute Gasteiger partial charge is 0.357 e. The number of rotatable bonds is 7. The van der Waals surface area contributed by atoms with Crippen LogP contribution in [0.5, 0.6) is 0 Å². The van der Waals surface area contributed by atoms with E-state index in [4.69, 9.17) is 4.99 Å². The summed E-state index contributed by atoms with van der Waals surface area (Å²) in [6.45, 7) is 15.3. The van der Waals surface area contributed by atoms with Crippen LogP contribution in [0.25, 0.3) is 0 Å². The standard InChI is InChI=1S/C21H34N4/c1-5-18-9-7-8-10-19(18)15-23-21(22-6-2)24-20-11-13-25(14-12-20)16-17(3)4/h7-10,20H,3,5-6,11-16H2,1-2,4H3,(H2,22,23,24). The average Bonchev–Trinajstić information content (AvgIpc) is 2.61. The molecule has 0 atom stereocenters. The number of hydrogen-bond acceptors (Lipinski definition) is 2. The molecule has 1 aromatic carbocycles. The van der Waals surface area contributed by atoms with E-state index in [0.717, 1.165) is 57.9 Å². The zero-order valence-electron chi connectivity index (χ0n) is 16.1. The third-order valence-corrected chi connectivity index (χ3v) is 4.67. The summed E-state index contributed by atoms with van der Waals surface area (Å²) < 4.78 is 0. The molecule has 1 fully saturated rings. The first-order chi connectivity index (χ1) is 12.1. The number of benzene rings is 1. The van der Waals surface area contributed by atoms with Gasteiger partial charge in [-0.2, -0.15) is 0 Å². The van der Waals surface area contributed by atoms with Gasteiger partial charge < -0.3 is 10.6 Å². The summed E-state index contributed by atoms with van der Waals surface area (Å²) in [5.41, 5.74) is 3.95. The Morgan fingerprint density at radius 3 is 2.48 bits per heavy atom. The van der Waals surface area contributed by atoms with Crippen molar-refractivity contribution in [3.63, 3.8) is 0 Å². The van der Waals surface area contributed by atoms with Gasteiger partial charge in [-0.15, -0.1) is 0 Å². The van der Waals surface area contributed by atoms with Crippen LogP contribution in [0, 0.1) is 0 Å². The summed E-state index contributed by atoms with van der Waals surface area (Å²) in [6, 6.07) is 9.08. The lowest BCUT2D eigenvalue weighted by Gasteiger charge is -2.33. The Balaban J connectivity index is 1.91. The van der Waals surface area contributed by atoms with Crippen molar-refractivity contribution in [3.05, 3.63) is 47.5 Å². The average molecular weight is 343 g/mol. The molecule has 1 aromatic rings. The van der Waals surface area contributed by atoms with Crippen molar-refractivity contribution in [2.75, 3.05) is 26.2 Å². The molecule has 1 heterocycles. The zero-order chi connectivity index (χ0) is 18.1. The van der Waals surface area contributed by atoms with Gasteiger partial charge in [-0.05, 0) is 44.2 Å². The van der Waals surface area contributed by atoms with E-state index in [2.05, 4.69) is 67.1 Å². The van der Waals surface area contributed by atoms with Crippen molar-refractivity contribution in [2.45, 2.75) is 52.6 Å². The van der Waals surface area contributed by atoms with Gasteiger partial charge in [0, 0.05) is 32.2 Å². The van der Waals surface area contributed by atoms with Crippen LogP contribution in [-0.2, 0) is 13.0 Å². The molecule has 4 nitrogen and oxygen atoms in total. The fourth-order valence-corrected chi connectivity index (χ4v) is 3.35. The molecule has 138 valence electrons. The second-order valence-electron chi connectivity index (χ2n) is 6.97. The Morgan fingerprint density at radius 1 is 1.20 bits per heavy atom. The first kappa shape index (κ1) is 19.5. The molecular formula is C21H34N4. The summed E-state index contributed by atoms with van der Waals surface area (Å²) in [5.74, 6) is 0.937. The number of likely N-dealkylation sites (tertiary alicyclic amines) is 1. The van der Waals surface area contributed by atoms with Crippen LogP contribution in [0.1, 0.15) is 44.7 Å². The zero-order valence-corrected chi connectivity index (χ0v) is 16.1. The highest BCUT2D eigenvalue weighted by molar-refractivity contribution is 5.80. The number of aryl methyl sites for hydroxylation is 1. The van der Waals surface area contributed by atoms with E-state index in [1.807, 2.05) is 0 Å². The predicted octanol–water partition coefficient (Wildman–Crippen LogP) is 3.34. The Labute approximate surface area is 153 Å². The maximum Gasteiger partial charge on any atom is 0.191 e. The summed E-state index contributed by atoms with van der Waals surface area (Å²) in [7, 11) is 0. The lowest BCUT2D eigenvalue weighted by atomic mass is 10.0. The molecule has 1 saturated heterocycles. The van der Waals surface area contributed by atoms with Crippen LogP contribution in [0.3, 0.4) is 0 Å². The summed E-state index contributed by atoms with van der Waals surface area (Å²) in [5, 5.41) is 7.02. The summed E-state index contributed by atoms with van der Waals surface area (Å²) >= 11 is 0. The van der Waals surface area contributed by atoms with Crippen molar-refractivity contribution in [1.29, 1.82) is 0 Å². The molecule has 0 bridgehead atoms. The Hall–Kier alpha value is -1.81. The molecule has 2 rings (SSSR count). The molecule has 2 N–H and O–H groups in total. The van der Waals surface area contributed by atoms with E-state index < -0.39 is 0 Å². The van der Waals surface area contributed by atoms with E-state index in [1.165, 1.54) is 16.7 Å². The minimum Gasteiger partial charge on any atom is -0.357 e. The van der Waals surface area contributed by atoms with Gasteiger partial charge in [0.25, 0.3) is 0 Å². The minimum atomic E-state index is 0.501. The lowest BCUT2D eigenvalue weighted by molar-refractivity contribution is 0.221. The monoisotopic (exact) mass is 342 g/mol. The number of nitrogens with one attached hydrogen (secondary N) is 2. The Bertz CT molecular complexity index is 571. The topological polar surface area (TPSA) is 39.7 Å². The summed E-state index contributed by atoms with van der Waals surface area (Å²) in [6.07, 6.45) is 3.36. The second-order valence-corrected chi connectivity index (χ2v) is 6.97. The molecule has 0 unspecified atom stereocenters. The fourth-order valence-electron chi connectivity index (χ4n) is 3.35. The van der Waals surface area contributed by atoms with Crippen molar-refractivity contribution >= 4 is 5.96 Å². The number of nitrogens with zero attached hydrogens (tertiary/aromatic N) is 2. The minimum absolute atomic E-state index is 0.501. The lowest BCUT2D eigenvalue weighted by Crippen LogP contribution is -2.48. The fraction of sp³-hybridized carbons (Fsp3) is 0.571. The molecule has 0 aliphatic carbocycles. The highest BCUT2D eigenvalue weighted by Crippen LogP contribution is 2.13. The van der Waals surface area contributed by atoms with Gasteiger partial charge in [-0.25, -0.2) is 4.99 Å². The van der Waals surface area contributed by atoms with Crippen LogP contribution in [0.15, 0.2) is 41.4 Å². The van der Waals surface area contributed by atoms with E-state index in [-0.39, 0.29) is 0 Å². The molecule has 0 spiro atoms. The van der Waals surface area contributed by atoms with Crippen molar-refractivity contribution < 1.29 is 0 Å². The van der Waals surface area contributed by atoms with E-state index in [9.17, 15) is 0 Å². The number of piperidine rings is 1. The summed E-state index contributed by atoms with van der Waals surface area (Å²) in [4.78, 5) is 7.31. The smallest absolute Gasteiger partial charge is 0.191 e. The molecule has 25 heavy (non-hydrogen) atoms. The maximum atomic E-state index is 4.82. The number of hydrogen-bond donors (Lipinski definition) is 2. The van der Waals surface area contributed by atoms with Gasteiger partial charge in [0.1, 0.15) is 0 Å². The first-order valence-corrected chi connectivity index (χ1v) is 9.60. The molecule has 1 aliphatic rings. The van der Waals surface area contributed by atoms with Gasteiger partial charge in [-0.1, -0.05) is 43.3 Å². The molecular weight excluding hydrogens is 308 g/mol. The number of guanidine groups is 1. The molecule has 0 aromatic heterocycles. The van der Waals surface area contributed by atoms with Crippen LogP contribution < -0.4 is 10.6 Å². The van der Waals surface area contributed by atoms with Crippen LogP contribution in [0.2, 0.25) is 0 Å². The predicted molar refractivity (Wildman–Crippen MR) is 108 cm³/mol. The highest BCUT2D eigenvalue weighted by atomic mass is 15.2. The normalized spacial score (nSPS) is 16.7.